The zero-order chi connectivity index (χ0) is 30.3. The lowest BCUT2D eigenvalue weighted by Crippen LogP contribution is -2.39. The normalized spacial score (nSPS) is 14.1. The standard InChI is InChI=1S/C31H40ClN5O5/c1-5-42-29-25(19-23(32)21-33-29)26(38)11-12-31(3,4)20-27(39)34-28-22(2)36(14-13-35-15-17-41-18-16-35)37(30(28)40)24-9-7-6-8-10-24/h6-10,19,21H,5,11-18,20H2,1-4H3,(H,34,39). The van der Waals surface area contributed by atoms with Gasteiger partial charge in [0.05, 0.1) is 48.3 Å². The van der Waals surface area contributed by atoms with Crippen molar-refractivity contribution in [3.63, 3.8) is 0 Å². The molecule has 3 aromatic rings. The zero-order valence-corrected chi connectivity index (χ0v) is 25.6. The predicted octanol–water partition coefficient (Wildman–Crippen LogP) is 4.74. The van der Waals surface area contributed by atoms with Gasteiger partial charge in [0.25, 0.3) is 5.56 Å². The van der Waals surface area contributed by atoms with E-state index in [4.69, 9.17) is 21.1 Å². The summed E-state index contributed by atoms with van der Waals surface area (Å²) >= 11 is 6.07. The van der Waals surface area contributed by atoms with Crippen LogP contribution in [0.5, 0.6) is 5.88 Å². The molecule has 4 rings (SSSR count). The number of benzene rings is 1. The lowest BCUT2D eigenvalue weighted by atomic mass is 9.83. The summed E-state index contributed by atoms with van der Waals surface area (Å²) in [5.74, 6) is -0.177. The molecule has 0 bridgehead atoms. The first-order chi connectivity index (χ1) is 20.1. The van der Waals surface area contributed by atoms with Crippen LogP contribution in [0.15, 0.2) is 47.4 Å². The van der Waals surface area contributed by atoms with Gasteiger partial charge in [0.2, 0.25) is 11.8 Å². The number of aromatic nitrogens is 3. The molecule has 1 aliphatic rings. The number of amides is 1. The first-order valence-electron chi connectivity index (χ1n) is 14.4. The second-order valence-electron chi connectivity index (χ2n) is 11.2. The van der Waals surface area contributed by atoms with Gasteiger partial charge in [0, 0.05) is 38.7 Å². The van der Waals surface area contributed by atoms with Gasteiger partial charge < -0.3 is 14.8 Å². The maximum atomic E-state index is 13.7. The Kier molecular flexibility index (Phi) is 10.6. The number of hydrogen-bond donors (Lipinski definition) is 1. The summed E-state index contributed by atoms with van der Waals surface area (Å²) in [6.45, 7) is 12.3. The Morgan fingerprint density at radius 3 is 2.55 bits per heavy atom. The quantitative estimate of drug-likeness (QED) is 0.283. The van der Waals surface area contributed by atoms with E-state index in [1.807, 2.05) is 62.7 Å². The van der Waals surface area contributed by atoms with Crippen LogP contribution in [-0.4, -0.2) is 70.4 Å². The fraction of sp³-hybridized carbons (Fsp3) is 0.484. The molecule has 1 amide bonds. The molecule has 0 aliphatic carbocycles. The number of carbonyl (C=O) groups is 2. The third-order valence-electron chi connectivity index (χ3n) is 7.46. The summed E-state index contributed by atoms with van der Waals surface area (Å²) in [6.07, 6.45) is 2.22. The summed E-state index contributed by atoms with van der Waals surface area (Å²) < 4.78 is 14.5. The number of anilines is 1. The number of carbonyl (C=O) groups excluding carboxylic acids is 2. The van der Waals surface area contributed by atoms with E-state index in [2.05, 4.69) is 15.2 Å². The minimum atomic E-state index is -0.511. The van der Waals surface area contributed by atoms with Gasteiger partial charge in [-0.15, -0.1) is 0 Å². The molecule has 11 heteroatoms. The minimum absolute atomic E-state index is 0.134. The van der Waals surface area contributed by atoms with Gasteiger partial charge >= 0.3 is 0 Å². The molecule has 3 heterocycles. The fourth-order valence-corrected chi connectivity index (χ4v) is 5.28. The summed E-state index contributed by atoms with van der Waals surface area (Å²) in [5, 5.41) is 3.25. The van der Waals surface area contributed by atoms with Crippen molar-refractivity contribution in [3.05, 3.63) is 69.2 Å². The van der Waals surface area contributed by atoms with Crippen LogP contribution in [0.4, 0.5) is 5.69 Å². The number of ether oxygens (including phenoxy) is 2. The molecule has 0 radical (unpaired) electrons. The summed E-state index contributed by atoms with van der Waals surface area (Å²) in [6, 6.07) is 11.0. The second kappa shape index (κ2) is 14.1. The van der Waals surface area contributed by atoms with Crippen molar-refractivity contribution in [2.45, 2.75) is 53.5 Å². The summed E-state index contributed by atoms with van der Waals surface area (Å²) in [4.78, 5) is 46.4. The number of para-hydroxylation sites is 1. The van der Waals surface area contributed by atoms with Crippen LogP contribution >= 0.6 is 11.6 Å². The van der Waals surface area contributed by atoms with Crippen LogP contribution in [0.2, 0.25) is 5.02 Å². The van der Waals surface area contributed by atoms with Crippen molar-refractivity contribution in [1.29, 1.82) is 0 Å². The van der Waals surface area contributed by atoms with E-state index in [9.17, 15) is 14.4 Å². The van der Waals surface area contributed by atoms with E-state index in [0.717, 1.165) is 25.3 Å². The Morgan fingerprint density at radius 1 is 1.14 bits per heavy atom. The average Bonchev–Trinajstić information content (AvgIpc) is 3.20. The molecule has 0 saturated carbocycles. The first-order valence-corrected chi connectivity index (χ1v) is 14.8. The number of hydrogen-bond acceptors (Lipinski definition) is 7. The van der Waals surface area contributed by atoms with Crippen LogP contribution in [-0.2, 0) is 16.1 Å². The number of pyridine rings is 1. The lowest BCUT2D eigenvalue weighted by molar-refractivity contribution is -0.118. The Morgan fingerprint density at radius 2 is 1.86 bits per heavy atom. The number of Topliss-reactive ketones (excluding diaryl/α,β-unsaturated/α-hetero) is 1. The molecule has 0 unspecified atom stereocenters. The Bertz CT molecular complexity index is 1440. The van der Waals surface area contributed by atoms with E-state index in [0.29, 0.717) is 49.1 Å². The van der Waals surface area contributed by atoms with Gasteiger partial charge in [0.1, 0.15) is 5.69 Å². The molecular weight excluding hydrogens is 558 g/mol. The van der Waals surface area contributed by atoms with Crippen molar-refractivity contribution in [2.75, 3.05) is 44.8 Å². The highest BCUT2D eigenvalue weighted by Crippen LogP contribution is 2.30. The van der Waals surface area contributed by atoms with Gasteiger partial charge in [-0.05, 0) is 43.9 Å². The maximum Gasteiger partial charge on any atom is 0.295 e. The Labute approximate surface area is 251 Å². The van der Waals surface area contributed by atoms with Crippen LogP contribution in [0.3, 0.4) is 0 Å². The summed E-state index contributed by atoms with van der Waals surface area (Å²) in [7, 11) is 0. The lowest BCUT2D eigenvalue weighted by Gasteiger charge is -2.27. The van der Waals surface area contributed by atoms with Gasteiger partial charge in [0.15, 0.2) is 5.78 Å². The Hall–Kier alpha value is -3.47. The molecule has 42 heavy (non-hydrogen) atoms. The number of nitrogens with one attached hydrogen (secondary N) is 1. The third kappa shape index (κ3) is 7.87. The fourth-order valence-electron chi connectivity index (χ4n) is 5.12. The largest absolute Gasteiger partial charge is 0.477 e. The second-order valence-corrected chi connectivity index (χ2v) is 11.7. The minimum Gasteiger partial charge on any atom is -0.477 e. The Balaban J connectivity index is 1.47. The molecule has 0 spiro atoms. The van der Waals surface area contributed by atoms with Gasteiger partial charge in [-0.1, -0.05) is 43.6 Å². The van der Waals surface area contributed by atoms with E-state index in [1.165, 1.54) is 6.20 Å². The third-order valence-corrected chi connectivity index (χ3v) is 7.67. The molecule has 1 fully saturated rings. The van der Waals surface area contributed by atoms with Crippen LogP contribution in [0.25, 0.3) is 5.69 Å². The number of ketones is 1. The van der Waals surface area contributed by atoms with E-state index < -0.39 is 5.41 Å². The van der Waals surface area contributed by atoms with Crippen molar-refractivity contribution in [3.8, 4) is 11.6 Å². The van der Waals surface area contributed by atoms with Crippen molar-refractivity contribution in [2.24, 2.45) is 5.41 Å². The SMILES string of the molecule is CCOc1ncc(Cl)cc1C(=O)CCC(C)(C)CC(=O)Nc1c(C)n(CCN2CCOCC2)n(-c2ccccc2)c1=O. The number of nitrogens with zero attached hydrogens (tertiary/aromatic N) is 4. The maximum absolute atomic E-state index is 13.7. The summed E-state index contributed by atoms with van der Waals surface area (Å²) in [5.41, 5.74) is 1.23. The monoisotopic (exact) mass is 597 g/mol. The number of halogens is 1. The molecule has 1 saturated heterocycles. The molecular formula is C31H40ClN5O5. The van der Waals surface area contributed by atoms with Crippen LogP contribution < -0.4 is 15.6 Å². The van der Waals surface area contributed by atoms with Crippen molar-refractivity contribution in [1.82, 2.24) is 19.2 Å². The van der Waals surface area contributed by atoms with Crippen LogP contribution in [0.1, 0.15) is 56.1 Å². The van der Waals surface area contributed by atoms with Crippen LogP contribution in [0, 0.1) is 12.3 Å². The van der Waals surface area contributed by atoms with Gasteiger partial charge in [-0.2, -0.15) is 0 Å². The molecule has 1 N–H and O–H groups in total. The molecule has 0 atom stereocenters. The van der Waals surface area contributed by atoms with Crippen molar-refractivity contribution >= 4 is 29.0 Å². The molecule has 2 aromatic heterocycles. The van der Waals surface area contributed by atoms with Gasteiger partial charge in [-0.3, -0.25) is 24.0 Å². The highest BCUT2D eigenvalue weighted by molar-refractivity contribution is 6.30. The van der Waals surface area contributed by atoms with Crippen molar-refractivity contribution < 1.29 is 19.1 Å². The predicted molar refractivity (Wildman–Crippen MR) is 163 cm³/mol. The smallest absolute Gasteiger partial charge is 0.295 e. The first kappa shape index (κ1) is 31.5. The van der Waals surface area contributed by atoms with E-state index in [-0.39, 0.29) is 41.7 Å². The molecule has 1 aromatic carbocycles. The van der Waals surface area contributed by atoms with Gasteiger partial charge in [-0.25, -0.2) is 9.67 Å². The average molecular weight is 598 g/mol. The van der Waals surface area contributed by atoms with E-state index >= 15 is 0 Å². The number of morpholine rings is 1. The zero-order valence-electron chi connectivity index (χ0n) is 24.8. The highest BCUT2D eigenvalue weighted by atomic mass is 35.5. The molecule has 1 aliphatic heterocycles. The molecule has 226 valence electrons. The molecule has 10 nitrogen and oxygen atoms in total. The topological polar surface area (TPSA) is 108 Å². The highest BCUT2D eigenvalue weighted by Gasteiger charge is 2.27. The number of rotatable bonds is 13. The van der Waals surface area contributed by atoms with E-state index in [1.54, 1.807) is 10.7 Å².